The molecule has 0 aromatic carbocycles. The van der Waals surface area contributed by atoms with E-state index in [0.717, 1.165) is 6.42 Å². The van der Waals surface area contributed by atoms with Crippen molar-refractivity contribution < 1.29 is 18.3 Å². The number of carboxylic acid groups (broad SMARTS) is 1. The zero-order valence-electron chi connectivity index (χ0n) is 11.1. The minimum absolute atomic E-state index is 0.0146. The summed E-state index contributed by atoms with van der Waals surface area (Å²) in [6.45, 7) is 1.60. The van der Waals surface area contributed by atoms with Gasteiger partial charge in [-0.25, -0.2) is 22.5 Å². The average molecular weight is 299 g/mol. The Labute approximate surface area is 117 Å². The number of nitrogens with one attached hydrogen (secondary N) is 1. The minimum Gasteiger partial charge on any atom is -0.477 e. The van der Waals surface area contributed by atoms with Crippen molar-refractivity contribution in [1.29, 1.82) is 0 Å². The van der Waals surface area contributed by atoms with E-state index < -0.39 is 16.0 Å². The van der Waals surface area contributed by atoms with E-state index in [0.29, 0.717) is 25.5 Å². The molecule has 0 saturated carbocycles. The first-order chi connectivity index (χ1) is 9.36. The molecule has 1 saturated heterocycles. The van der Waals surface area contributed by atoms with Crippen LogP contribution in [0.5, 0.6) is 0 Å². The maximum Gasteiger partial charge on any atom is 0.354 e. The lowest BCUT2D eigenvalue weighted by atomic mass is 10.1. The van der Waals surface area contributed by atoms with Crippen molar-refractivity contribution in [2.24, 2.45) is 5.92 Å². The lowest BCUT2D eigenvalue weighted by molar-refractivity contribution is 0.0690. The second-order valence-corrected chi connectivity index (χ2v) is 6.85. The highest BCUT2D eigenvalue weighted by molar-refractivity contribution is 7.88. The molecule has 8 heteroatoms. The smallest absolute Gasteiger partial charge is 0.354 e. The second-order valence-electron chi connectivity index (χ2n) is 4.87. The molecule has 1 aromatic rings. The van der Waals surface area contributed by atoms with Gasteiger partial charge in [-0.05, 0) is 24.5 Å². The van der Waals surface area contributed by atoms with Gasteiger partial charge < -0.3 is 10.4 Å². The van der Waals surface area contributed by atoms with Gasteiger partial charge in [0.2, 0.25) is 10.0 Å². The van der Waals surface area contributed by atoms with Crippen LogP contribution in [-0.2, 0) is 10.0 Å². The number of sulfonamides is 1. The van der Waals surface area contributed by atoms with Gasteiger partial charge in [-0.15, -0.1) is 0 Å². The van der Waals surface area contributed by atoms with Crippen LogP contribution >= 0.6 is 0 Å². The van der Waals surface area contributed by atoms with Crippen molar-refractivity contribution in [3.8, 4) is 0 Å². The van der Waals surface area contributed by atoms with Gasteiger partial charge in [0.1, 0.15) is 5.82 Å². The molecule has 0 spiro atoms. The summed E-state index contributed by atoms with van der Waals surface area (Å²) in [5, 5.41) is 11.9. The van der Waals surface area contributed by atoms with Crippen LogP contribution in [0.2, 0.25) is 0 Å². The van der Waals surface area contributed by atoms with Crippen LogP contribution in [0, 0.1) is 5.92 Å². The number of rotatable bonds is 5. The first-order valence-corrected chi connectivity index (χ1v) is 8.10. The second kappa shape index (κ2) is 5.76. The van der Waals surface area contributed by atoms with E-state index in [1.165, 1.54) is 16.6 Å². The normalized spacial score (nSPS) is 19.9. The highest BCUT2D eigenvalue weighted by Crippen LogP contribution is 2.19. The van der Waals surface area contributed by atoms with Gasteiger partial charge in [-0.2, -0.15) is 0 Å². The molecule has 7 nitrogen and oxygen atoms in total. The molecular formula is C12H17N3O4S. The van der Waals surface area contributed by atoms with Gasteiger partial charge in [0, 0.05) is 19.6 Å². The van der Waals surface area contributed by atoms with E-state index in [-0.39, 0.29) is 11.6 Å². The lowest BCUT2D eigenvalue weighted by Gasteiger charge is -2.14. The number of carboxylic acids is 1. The van der Waals surface area contributed by atoms with E-state index in [9.17, 15) is 13.2 Å². The fourth-order valence-corrected chi connectivity index (χ4v) is 3.08. The summed E-state index contributed by atoms with van der Waals surface area (Å²) in [7, 11) is -3.12. The van der Waals surface area contributed by atoms with Crippen LogP contribution in [0.15, 0.2) is 18.2 Å². The molecule has 1 fully saturated rings. The third kappa shape index (κ3) is 3.67. The Morgan fingerprint density at radius 2 is 2.30 bits per heavy atom. The van der Waals surface area contributed by atoms with Crippen LogP contribution in [0.25, 0.3) is 0 Å². The van der Waals surface area contributed by atoms with E-state index in [4.69, 9.17) is 5.11 Å². The molecule has 1 aromatic heterocycles. The number of hydrogen-bond acceptors (Lipinski definition) is 5. The summed E-state index contributed by atoms with van der Waals surface area (Å²) in [6, 6.07) is 4.74. The molecule has 2 heterocycles. The Kier molecular flexibility index (Phi) is 4.24. The van der Waals surface area contributed by atoms with Crippen LogP contribution < -0.4 is 5.32 Å². The monoisotopic (exact) mass is 299 g/mol. The molecule has 0 bridgehead atoms. The van der Waals surface area contributed by atoms with Gasteiger partial charge in [-0.3, -0.25) is 0 Å². The number of aromatic carboxylic acids is 1. The molecule has 0 aliphatic carbocycles. The van der Waals surface area contributed by atoms with Gasteiger partial charge in [0.25, 0.3) is 0 Å². The standard InChI is InChI=1S/C12H17N3O4S/c1-20(18,19)15-6-5-9(8-15)7-13-11-4-2-3-10(14-11)12(16)17/h2-4,9H,5-8H2,1H3,(H,13,14)(H,16,17). The van der Waals surface area contributed by atoms with Gasteiger partial charge in [-0.1, -0.05) is 6.07 Å². The summed E-state index contributed by atoms with van der Waals surface area (Å²) >= 11 is 0. The van der Waals surface area contributed by atoms with E-state index in [1.54, 1.807) is 12.1 Å². The van der Waals surface area contributed by atoms with Crippen molar-refractivity contribution in [3.05, 3.63) is 23.9 Å². The quantitative estimate of drug-likeness (QED) is 0.820. The zero-order chi connectivity index (χ0) is 14.8. The molecule has 1 aliphatic heterocycles. The van der Waals surface area contributed by atoms with E-state index in [2.05, 4.69) is 10.3 Å². The molecule has 0 radical (unpaired) electrons. The Bertz CT molecular complexity index is 602. The minimum atomic E-state index is -3.12. The first kappa shape index (κ1) is 14.7. The van der Waals surface area contributed by atoms with E-state index >= 15 is 0 Å². The highest BCUT2D eigenvalue weighted by atomic mass is 32.2. The highest BCUT2D eigenvalue weighted by Gasteiger charge is 2.28. The first-order valence-electron chi connectivity index (χ1n) is 6.25. The predicted molar refractivity (Wildman–Crippen MR) is 74.2 cm³/mol. The third-order valence-electron chi connectivity index (χ3n) is 3.26. The largest absolute Gasteiger partial charge is 0.477 e. The Morgan fingerprint density at radius 3 is 2.90 bits per heavy atom. The van der Waals surface area contributed by atoms with Gasteiger partial charge >= 0.3 is 5.97 Å². The number of aromatic nitrogens is 1. The third-order valence-corrected chi connectivity index (χ3v) is 4.53. The predicted octanol–water partition coefficient (Wildman–Crippen LogP) is 0.473. The van der Waals surface area contributed by atoms with Crippen molar-refractivity contribution in [2.45, 2.75) is 6.42 Å². The molecule has 1 atom stereocenters. The summed E-state index contributed by atoms with van der Waals surface area (Å²) in [5.74, 6) is -0.375. The Morgan fingerprint density at radius 1 is 1.55 bits per heavy atom. The SMILES string of the molecule is CS(=O)(=O)N1CCC(CNc2cccc(C(=O)O)n2)C1. The Hall–Kier alpha value is -1.67. The summed E-state index contributed by atoms with van der Waals surface area (Å²) < 4.78 is 24.3. The van der Waals surface area contributed by atoms with Crippen molar-refractivity contribution >= 4 is 21.8 Å². The molecule has 2 rings (SSSR count). The van der Waals surface area contributed by atoms with Crippen LogP contribution in [0.4, 0.5) is 5.82 Å². The molecule has 2 N–H and O–H groups in total. The average Bonchev–Trinajstić information content (AvgIpc) is 2.85. The number of hydrogen-bond donors (Lipinski definition) is 2. The number of anilines is 1. The van der Waals surface area contributed by atoms with Crippen molar-refractivity contribution in [2.75, 3.05) is 31.2 Å². The maximum absolute atomic E-state index is 11.4. The van der Waals surface area contributed by atoms with Crippen LogP contribution in [0.3, 0.4) is 0 Å². The molecule has 110 valence electrons. The molecule has 1 aliphatic rings. The molecule has 0 amide bonds. The lowest BCUT2D eigenvalue weighted by Crippen LogP contribution is -2.28. The zero-order valence-corrected chi connectivity index (χ0v) is 11.9. The van der Waals surface area contributed by atoms with Gasteiger partial charge in [0.15, 0.2) is 5.69 Å². The van der Waals surface area contributed by atoms with Crippen molar-refractivity contribution in [1.82, 2.24) is 9.29 Å². The fourth-order valence-electron chi connectivity index (χ4n) is 2.17. The maximum atomic E-state index is 11.4. The molecule has 20 heavy (non-hydrogen) atoms. The van der Waals surface area contributed by atoms with Crippen molar-refractivity contribution in [3.63, 3.8) is 0 Å². The topological polar surface area (TPSA) is 99.6 Å². The number of nitrogens with zero attached hydrogens (tertiary/aromatic N) is 2. The van der Waals surface area contributed by atoms with Crippen LogP contribution in [-0.4, -0.2) is 54.7 Å². The van der Waals surface area contributed by atoms with Gasteiger partial charge in [0.05, 0.1) is 6.26 Å². The summed E-state index contributed by atoms with van der Waals surface area (Å²) in [6.07, 6.45) is 2.00. The number of pyridine rings is 1. The number of carbonyl (C=O) groups is 1. The van der Waals surface area contributed by atoms with Crippen LogP contribution in [0.1, 0.15) is 16.9 Å². The summed E-state index contributed by atoms with van der Waals surface area (Å²) in [5.41, 5.74) is -0.0146. The molecular weight excluding hydrogens is 282 g/mol. The molecule has 1 unspecified atom stereocenters. The Balaban J connectivity index is 1.91. The fraction of sp³-hybridized carbons (Fsp3) is 0.500. The van der Waals surface area contributed by atoms with E-state index in [1.807, 2.05) is 0 Å². The summed E-state index contributed by atoms with van der Waals surface area (Å²) in [4.78, 5) is 14.8.